The Kier molecular flexibility index (Phi) is 6.66. The third-order valence-corrected chi connectivity index (χ3v) is 6.51. The third-order valence-electron chi connectivity index (χ3n) is 5.53. The van der Waals surface area contributed by atoms with E-state index in [1.807, 2.05) is 18.2 Å². The third kappa shape index (κ3) is 5.00. The Morgan fingerprint density at radius 3 is 2.57 bits per heavy atom. The molecule has 0 saturated carbocycles. The summed E-state index contributed by atoms with van der Waals surface area (Å²) in [5.41, 5.74) is 2.68. The van der Waals surface area contributed by atoms with Crippen molar-refractivity contribution in [1.29, 1.82) is 0 Å². The van der Waals surface area contributed by atoms with Crippen LogP contribution in [0.25, 0.3) is 0 Å². The number of hydrogen-bond donors (Lipinski definition) is 1. The van der Waals surface area contributed by atoms with Gasteiger partial charge in [-0.3, -0.25) is 19.4 Å². The van der Waals surface area contributed by atoms with E-state index in [2.05, 4.69) is 39.2 Å². The fraction of sp³-hybridized carbons (Fsp3) is 0.409. The number of carbonyl (C=O) groups is 2. The number of thioether (sulfide) groups is 1. The molecule has 2 aromatic rings. The summed E-state index contributed by atoms with van der Waals surface area (Å²) < 4.78 is 0. The van der Waals surface area contributed by atoms with Crippen molar-refractivity contribution in [2.75, 3.05) is 55.2 Å². The summed E-state index contributed by atoms with van der Waals surface area (Å²) >= 11 is 1.41. The molecule has 0 atom stereocenters. The molecule has 0 spiro atoms. The van der Waals surface area contributed by atoms with Gasteiger partial charge < -0.3 is 10.2 Å². The molecule has 2 aliphatic rings. The Morgan fingerprint density at radius 2 is 1.83 bits per heavy atom. The second kappa shape index (κ2) is 9.59. The summed E-state index contributed by atoms with van der Waals surface area (Å²) in [6, 6.07) is 11.6. The smallest absolute Gasteiger partial charge is 0.244 e. The number of carbonyl (C=O) groups excluding carboxylic acids is 2. The predicted octanol–water partition coefficient (Wildman–Crippen LogP) is 2.30. The number of benzene rings is 1. The number of aromatic nitrogens is 1. The average molecular weight is 426 g/mol. The molecule has 2 aliphatic heterocycles. The highest BCUT2D eigenvalue weighted by Crippen LogP contribution is 2.32. The lowest BCUT2D eigenvalue weighted by molar-refractivity contribution is -0.120. The molecule has 2 amide bonds. The van der Waals surface area contributed by atoms with Gasteiger partial charge in [0.25, 0.3) is 0 Å². The number of piperazine rings is 1. The first kappa shape index (κ1) is 20.8. The quantitative estimate of drug-likeness (QED) is 0.766. The highest BCUT2D eigenvalue weighted by atomic mass is 32.2. The Morgan fingerprint density at radius 1 is 1.10 bits per heavy atom. The van der Waals surface area contributed by atoms with Crippen LogP contribution >= 0.6 is 11.8 Å². The van der Waals surface area contributed by atoms with Crippen molar-refractivity contribution >= 4 is 35.0 Å². The van der Waals surface area contributed by atoms with Gasteiger partial charge in [0.2, 0.25) is 11.8 Å². The number of likely N-dealkylation sites (N-methyl/N-ethyl adjacent to an activating group) is 1. The minimum absolute atomic E-state index is 0.0124. The number of nitrogens with zero attached hydrogens (tertiary/aromatic N) is 4. The molecule has 1 aromatic carbocycles. The molecular formula is C22H27N5O2S. The van der Waals surface area contributed by atoms with Crippen molar-refractivity contribution < 1.29 is 9.59 Å². The van der Waals surface area contributed by atoms with E-state index < -0.39 is 0 Å². The van der Waals surface area contributed by atoms with Crippen LogP contribution < -0.4 is 10.2 Å². The molecular weight excluding hydrogens is 398 g/mol. The van der Waals surface area contributed by atoms with E-state index >= 15 is 0 Å². The van der Waals surface area contributed by atoms with Crippen molar-refractivity contribution in [3.8, 4) is 0 Å². The topological polar surface area (TPSA) is 68.8 Å². The van der Waals surface area contributed by atoms with Crippen LogP contribution in [0.2, 0.25) is 0 Å². The molecule has 1 fully saturated rings. The number of rotatable bonds is 6. The Bertz CT molecular complexity index is 897. The number of amides is 2. The molecule has 8 heteroatoms. The first-order valence-electron chi connectivity index (χ1n) is 10.3. The minimum Gasteiger partial charge on any atom is -0.325 e. The van der Waals surface area contributed by atoms with Gasteiger partial charge in [0.1, 0.15) is 11.6 Å². The predicted molar refractivity (Wildman–Crippen MR) is 120 cm³/mol. The van der Waals surface area contributed by atoms with Crippen LogP contribution in [0.1, 0.15) is 12.5 Å². The molecule has 0 unspecified atom stereocenters. The van der Waals surface area contributed by atoms with Gasteiger partial charge in [-0.2, -0.15) is 0 Å². The summed E-state index contributed by atoms with van der Waals surface area (Å²) in [6.07, 6.45) is 1.70. The lowest BCUT2D eigenvalue weighted by Gasteiger charge is -2.34. The molecule has 1 N–H and O–H groups in total. The number of pyridine rings is 1. The first-order valence-corrected chi connectivity index (χ1v) is 11.3. The van der Waals surface area contributed by atoms with Crippen LogP contribution in [-0.4, -0.2) is 71.6 Å². The van der Waals surface area contributed by atoms with Crippen molar-refractivity contribution in [1.82, 2.24) is 14.8 Å². The largest absolute Gasteiger partial charge is 0.325 e. The normalized spacial score (nSPS) is 17.6. The number of nitrogens with one attached hydrogen (secondary N) is 1. The number of fused-ring (bicyclic) bond motifs is 1. The average Bonchev–Trinajstić information content (AvgIpc) is 2.78. The molecule has 0 aliphatic carbocycles. The second-order valence-corrected chi connectivity index (χ2v) is 8.52. The molecule has 0 radical (unpaired) electrons. The fourth-order valence-corrected chi connectivity index (χ4v) is 4.65. The lowest BCUT2D eigenvalue weighted by Crippen LogP contribution is -2.45. The van der Waals surface area contributed by atoms with E-state index in [-0.39, 0.29) is 18.4 Å². The molecule has 1 saturated heterocycles. The molecule has 7 nitrogen and oxygen atoms in total. The molecule has 158 valence electrons. The van der Waals surface area contributed by atoms with Crippen molar-refractivity contribution in [2.45, 2.75) is 18.5 Å². The van der Waals surface area contributed by atoms with E-state index in [0.717, 1.165) is 50.0 Å². The Labute approximate surface area is 181 Å². The number of hydrogen-bond acceptors (Lipinski definition) is 6. The Balaban J connectivity index is 1.31. The summed E-state index contributed by atoms with van der Waals surface area (Å²) in [6.45, 7) is 8.66. The summed E-state index contributed by atoms with van der Waals surface area (Å²) in [5.74, 6) is 0.0149. The van der Waals surface area contributed by atoms with Crippen molar-refractivity contribution in [3.05, 3.63) is 48.2 Å². The van der Waals surface area contributed by atoms with Gasteiger partial charge in [-0.15, -0.1) is 0 Å². The lowest BCUT2D eigenvalue weighted by atomic mass is 10.1. The summed E-state index contributed by atoms with van der Waals surface area (Å²) in [7, 11) is 0. The molecule has 30 heavy (non-hydrogen) atoms. The van der Waals surface area contributed by atoms with Gasteiger partial charge in [0.05, 0.1) is 11.4 Å². The second-order valence-electron chi connectivity index (χ2n) is 7.55. The summed E-state index contributed by atoms with van der Waals surface area (Å²) in [5, 5.41) is 3.69. The van der Waals surface area contributed by atoms with Gasteiger partial charge >= 0.3 is 0 Å². The van der Waals surface area contributed by atoms with Crippen LogP contribution in [0, 0.1) is 0 Å². The molecule has 0 bridgehead atoms. The maximum Gasteiger partial charge on any atom is 0.244 e. The highest BCUT2D eigenvalue weighted by Gasteiger charge is 2.27. The SMILES string of the molecule is CCN1CCN(Cc2ccc(NC(=O)CN3C(=O)CSc4ncccc43)cc2)CC1. The van der Waals surface area contributed by atoms with Crippen LogP contribution in [0.15, 0.2) is 47.6 Å². The standard InChI is InChI=1S/C22H27N5O2S/c1-2-25-10-12-26(13-11-25)14-17-5-7-18(8-6-17)24-20(28)15-27-19-4-3-9-23-22(19)30-16-21(27)29/h3-9H,2,10-16H2,1H3,(H,24,28). The van der Waals surface area contributed by atoms with E-state index in [1.165, 1.54) is 22.2 Å². The van der Waals surface area contributed by atoms with Crippen LogP contribution in [0.4, 0.5) is 11.4 Å². The zero-order valence-corrected chi connectivity index (χ0v) is 18.0. The van der Waals surface area contributed by atoms with Crippen LogP contribution in [-0.2, 0) is 16.1 Å². The highest BCUT2D eigenvalue weighted by molar-refractivity contribution is 8.00. The van der Waals surface area contributed by atoms with E-state index in [1.54, 1.807) is 12.3 Å². The maximum atomic E-state index is 12.6. The molecule has 1 aromatic heterocycles. The monoisotopic (exact) mass is 425 g/mol. The van der Waals surface area contributed by atoms with Crippen molar-refractivity contribution in [3.63, 3.8) is 0 Å². The van der Waals surface area contributed by atoms with Gasteiger partial charge in [-0.25, -0.2) is 4.98 Å². The first-order chi connectivity index (χ1) is 14.6. The minimum atomic E-state index is -0.214. The van der Waals surface area contributed by atoms with Gasteiger partial charge in [0.15, 0.2) is 0 Å². The Hall–Kier alpha value is -2.42. The van der Waals surface area contributed by atoms with Crippen LogP contribution in [0.3, 0.4) is 0 Å². The van der Waals surface area contributed by atoms with E-state index in [0.29, 0.717) is 11.4 Å². The van der Waals surface area contributed by atoms with Crippen LogP contribution in [0.5, 0.6) is 0 Å². The summed E-state index contributed by atoms with van der Waals surface area (Å²) in [4.78, 5) is 35.6. The molecule has 4 rings (SSSR count). The van der Waals surface area contributed by atoms with Crippen molar-refractivity contribution in [2.24, 2.45) is 0 Å². The van der Waals surface area contributed by atoms with Gasteiger partial charge in [-0.1, -0.05) is 30.8 Å². The zero-order chi connectivity index (χ0) is 20.9. The number of anilines is 2. The zero-order valence-electron chi connectivity index (χ0n) is 17.2. The van der Waals surface area contributed by atoms with E-state index in [4.69, 9.17) is 0 Å². The maximum absolute atomic E-state index is 12.6. The van der Waals surface area contributed by atoms with E-state index in [9.17, 15) is 9.59 Å². The van der Waals surface area contributed by atoms with Gasteiger partial charge in [0, 0.05) is 44.6 Å². The molecule has 3 heterocycles. The fourth-order valence-electron chi connectivity index (χ4n) is 3.77. The van der Waals surface area contributed by atoms with Gasteiger partial charge in [-0.05, 0) is 36.4 Å².